The van der Waals surface area contributed by atoms with Crippen LogP contribution in [0.4, 0.5) is 4.39 Å². The normalized spacial score (nSPS) is 29.4. The Hall–Kier alpha value is -3.00. The number of fused-ring (bicyclic) bond motifs is 4. The zero-order valence-corrected chi connectivity index (χ0v) is 17.5. The van der Waals surface area contributed by atoms with Crippen LogP contribution in [0, 0.1) is 11.9 Å². The first-order valence-corrected chi connectivity index (χ1v) is 10.6. The van der Waals surface area contributed by atoms with Gasteiger partial charge in [-0.25, -0.2) is 9.98 Å². The van der Waals surface area contributed by atoms with E-state index >= 15 is 0 Å². The number of hydrogen-bond acceptors (Lipinski definition) is 6. The van der Waals surface area contributed by atoms with Gasteiger partial charge in [-0.05, 0) is 56.0 Å². The van der Waals surface area contributed by atoms with Crippen molar-refractivity contribution in [3.63, 3.8) is 0 Å². The number of halogens is 1. The summed E-state index contributed by atoms with van der Waals surface area (Å²) in [5, 5.41) is 0. The van der Waals surface area contributed by atoms with E-state index < -0.39 is 11.5 Å². The van der Waals surface area contributed by atoms with Crippen molar-refractivity contribution < 1.29 is 18.7 Å². The summed E-state index contributed by atoms with van der Waals surface area (Å²) in [5.74, 6) is -0.226. The van der Waals surface area contributed by atoms with Gasteiger partial charge in [0.15, 0.2) is 11.5 Å². The van der Waals surface area contributed by atoms with Crippen molar-refractivity contribution in [2.75, 3.05) is 13.7 Å². The van der Waals surface area contributed by atoms with Crippen molar-refractivity contribution in [2.24, 2.45) is 16.6 Å². The molecule has 8 heteroatoms. The van der Waals surface area contributed by atoms with E-state index in [1.807, 2.05) is 6.92 Å². The zero-order valence-electron chi connectivity index (χ0n) is 17.5. The molecule has 1 aromatic carbocycles. The Morgan fingerprint density at radius 3 is 2.90 bits per heavy atom. The fourth-order valence-corrected chi connectivity index (χ4v) is 5.21. The van der Waals surface area contributed by atoms with Crippen LogP contribution in [-0.2, 0) is 15.1 Å². The van der Waals surface area contributed by atoms with Crippen LogP contribution < -0.4 is 10.5 Å². The van der Waals surface area contributed by atoms with Crippen LogP contribution in [0.5, 0.6) is 5.75 Å². The lowest BCUT2D eigenvalue weighted by atomic mass is 9.66. The monoisotopic (exact) mass is 424 g/mol. The summed E-state index contributed by atoms with van der Waals surface area (Å²) in [6, 6.07) is 8.72. The van der Waals surface area contributed by atoms with Gasteiger partial charge in [-0.2, -0.15) is 4.39 Å². The molecule has 2 N–H and O–H groups in total. The summed E-state index contributed by atoms with van der Waals surface area (Å²) in [7, 11) is 1.63. The lowest BCUT2D eigenvalue weighted by Gasteiger charge is -2.47. The van der Waals surface area contributed by atoms with Crippen LogP contribution in [0.1, 0.15) is 31.7 Å². The average molecular weight is 424 g/mol. The topological polar surface area (TPSA) is 90.0 Å². The fourth-order valence-electron chi connectivity index (χ4n) is 5.21. The minimum Gasteiger partial charge on any atom is -0.490 e. The largest absolute Gasteiger partial charge is 0.490 e. The number of aromatic nitrogens is 1. The Bertz CT molecular complexity index is 1070. The number of nitrogens with zero attached hydrogens (tertiary/aromatic N) is 3. The zero-order chi connectivity index (χ0) is 21.8. The molecule has 1 aliphatic carbocycles. The number of aliphatic imine (C=N–C) groups is 1. The molecular formula is C23H25FN4O3. The maximum Gasteiger partial charge on any atom is 0.262 e. The van der Waals surface area contributed by atoms with Gasteiger partial charge >= 0.3 is 0 Å². The van der Waals surface area contributed by atoms with E-state index in [0.717, 1.165) is 12.8 Å². The molecule has 1 aromatic heterocycles. The minimum absolute atomic E-state index is 0.0300. The van der Waals surface area contributed by atoms with Gasteiger partial charge in [-0.3, -0.25) is 9.69 Å². The summed E-state index contributed by atoms with van der Waals surface area (Å²) in [6.45, 7) is 2.57. The number of carbonyl (C=O) groups is 1. The highest BCUT2D eigenvalue weighted by Crippen LogP contribution is 2.54. The van der Waals surface area contributed by atoms with Crippen LogP contribution in [0.2, 0.25) is 0 Å². The van der Waals surface area contributed by atoms with Gasteiger partial charge in [-0.15, -0.1) is 0 Å². The van der Waals surface area contributed by atoms with Crippen LogP contribution in [-0.4, -0.2) is 47.6 Å². The minimum atomic E-state index is -1.21. The maximum atomic E-state index is 14.4. The Morgan fingerprint density at radius 2 is 2.19 bits per heavy atom. The summed E-state index contributed by atoms with van der Waals surface area (Å²) in [4.78, 5) is 23.5. The van der Waals surface area contributed by atoms with Crippen LogP contribution in [0.15, 0.2) is 41.5 Å². The number of nitrogens with two attached hydrogens (primary N) is 1. The summed E-state index contributed by atoms with van der Waals surface area (Å²) in [5.41, 5.74) is 6.51. The van der Waals surface area contributed by atoms with Crippen molar-refractivity contribution in [1.82, 2.24) is 9.88 Å². The first kappa shape index (κ1) is 19.9. The Balaban J connectivity index is 1.69. The molecule has 2 aromatic rings. The molecule has 5 rings (SSSR count). The van der Waals surface area contributed by atoms with Crippen molar-refractivity contribution in [3.8, 4) is 16.9 Å². The van der Waals surface area contributed by atoms with E-state index in [9.17, 15) is 9.18 Å². The van der Waals surface area contributed by atoms with E-state index in [1.54, 1.807) is 37.4 Å². The van der Waals surface area contributed by atoms with Gasteiger partial charge in [0.05, 0.1) is 6.10 Å². The van der Waals surface area contributed by atoms with Crippen molar-refractivity contribution in [1.29, 1.82) is 0 Å². The lowest BCUT2D eigenvalue weighted by molar-refractivity contribution is -0.139. The third kappa shape index (κ3) is 2.92. The maximum absolute atomic E-state index is 14.4. The van der Waals surface area contributed by atoms with Crippen molar-refractivity contribution in [2.45, 2.75) is 43.9 Å². The number of pyridine rings is 1. The number of guanidine groups is 1. The smallest absolute Gasteiger partial charge is 0.262 e. The molecule has 0 saturated heterocycles. The van der Waals surface area contributed by atoms with E-state index in [-0.39, 0.29) is 30.0 Å². The van der Waals surface area contributed by atoms with Gasteiger partial charge in [0.2, 0.25) is 5.95 Å². The molecule has 162 valence electrons. The predicted octanol–water partition coefficient (Wildman–Crippen LogP) is 2.84. The number of likely N-dealkylation sites (N-methyl/N-ethyl adjacent to an activating group) is 1. The van der Waals surface area contributed by atoms with Gasteiger partial charge < -0.3 is 15.2 Å². The second kappa shape index (κ2) is 7.30. The molecule has 0 bridgehead atoms. The van der Waals surface area contributed by atoms with Gasteiger partial charge in [0, 0.05) is 36.9 Å². The molecule has 7 nitrogen and oxygen atoms in total. The van der Waals surface area contributed by atoms with E-state index in [4.69, 9.17) is 20.2 Å². The molecule has 4 atom stereocenters. The Morgan fingerprint density at radius 1 is 1.35 bits per heavy atom. The standard InChI is InChI=1S/C23H25FN4O3/c1-3-30-14-7-9-19-17(12-14)23(21(29)28(2)22(25)27-23)16-11-13(6-8-18(16)31-19)15-5-4-10-26-20(15)24/h4-6,8,10-11,14,17,19H,3,7,9,12H2,1-2H3,(H2,25,27)/t14-,17+,19?,23?/m1/s1. The molecule has 1 amide bonds. The molecule has 1 saturated carbocycles. The molecule has 31 heavy (non-hydrogen) atoms. The molecule has 1 spiro atoms. The first-order chi connectivity index (χ1) is 15.0. The summed E-state index contributed by atoms with van der Waals surface area (Å²) < 4.78 is 26.6. The van der Waals surface area contributed by atoms with Crippen molar-refractivity contribution in [3.05, 3.63) is 48.0 Å². The number of amides is 1. The van der Waals surface area contributed by atoms with Crippen molar-refractivity contribution >= 4 is 11.9 Å². The highest BCUT2D eigenvalue weighted by molar-refractivity contribution is 6.07. The average Bonchev–Trinajstić information content (AvgIpc) is 3.00. The number of rotatable bonds is 3. The SMILES string of the molecule is CCO[C@@H]1CCC2Oc3ccc(-c4cccnc4F)cc3C3(N=C(N)N(C)C3=O)[C@H]2C1. The number of ether oxygens (including phenoxy) is 2. The van der Waals surface area contributed by atoms with Crippen LogP contribution in [0.3, 0.4) is 0 Å². The molecule has 0 radical (unpaired) electrons. The Labute approximate surface area is 180 Å². The Kier molecular flexibility index (Phi) is 4.69. The van der Waals surface area contributed by atoms with Gasteiger partial charge in [0.1, 0.15) is 11.9 Å². The van der Waals surface area contributed by atoms with Gasteiger partial charge in [0.25, 0.3) is 5.91 Å². The molecule has 2 aliphatic heterocycles. The molecule has 1 fully saturated rings. The van der Waals surface area contributed by atoms with Crippen LogP contribution >= 0.6 is 0 Å². The van der Waals surface area contributed by atoms with Gasteiger partial charge in [-0.1, -0.05) is 6.07 Å². The quantitative estimate of drug-likeness (QED) is 0.766. The first-order valence-electron chi connectivity index (χ1n) is 10.6. The predicted molar refractivity (Wildman–Crippen MR) is 113 cm³/mol. The lowest BCUT2D eigenvalue weighted by Crippen LogP contribution is -2.55. The highest BCUT2D eigenvalue weighted by atomic mass is 19.1. The van der Waals surface area contributed by atoms with E-state index in [2.05, 4.69) is 4.98 Å². The third-order valence-corrected chi connectivity index (χ3v) is 6.68. The van der Waals surface area contributed by atoms with E-state index in [0.29, 0.717) is 35.5 Å². The number of hydrogen-bond donors (Lipinski definition) is 1. The molecular weight excluding hydrogens is 399 g/mol. The summed E-state index contributed by atoms with van der Waals surface area (Å²) in [6.07, 6.45) is 3.53. The van der Waals surface area contributed by atoms with Crippen LogP contribution in [0.25, 0.3) is 11.1 Å². The second-order valence-corrected chi connectivity index (χ2v) is 8.31. The third-order valence-electron chi connectivity index (χ3n) is 6.68. The number of carbonyl (C=O) groups excluding carboxylic acids is 1. The molecule has 3 aliphatic rings. The molecule has 3 heterocycles. The summed E-state index contributed by atoms with van der Waals surface area (Å²) >= 11 is 0. The second-order valence-electron chi connectivity index (χ2n) is 8.31. The number of benzene rings is 1. The fraction of sp³-hybridized carbons (Fsp3) is 0.435. The highest BCUT2D eigenvalue weighted by Gasteiger charge is 2.61. The molecule has 2 unspecified atom stereocenters. The van der Waals surface area contributed by atoms with E-state index in [1.165, 1.54) is 11.1 Å².